The molecule has 29 heavy (non-hydrogen) atoms. The van der Waals surface area contributed by atoms with Gasteiger partial charge in [0.05, 0.1) is 0 Å². The fourth-order valence-corrected chi connectivity index (χ4v) is 2.71. The third-order valence-corrected chi connectivity index (χ3v) is 4.16. The lowest BCUT2D eigenvalue weighted by atomic mass is 10.0. The molecule has 0 aliphatic carbocycles. The first-order valence-corrected chi connectivity index (χ1v) is 8.61. The first-order chi connectivity index (χ1) is 13.8. The van der Waals surface area contributed by atoms with E-state index >= 15 is 0 Å². The molecule has 0 fully saturated rings. The van der Waals surface area contributed by atoms with Crippen molar-refractivity contribution in [2.75, 3.05) is 5.32 Å². The van der Waals surface area contributed by atoms with Crippen LogP contribution in [0.4, 0.5) is 19.0 Å². The molecule has 4 aromatic rings. The van der Waals surface area contributed by atoms with Gasteiger partial charge in [0.2, 0.25) is 11.7 Å². The molecular weight excluding hydrogens is 389 g/mol. The van der Waals surface area contributed by atoms with Crippen LogP contribution in [0.3, 0.4) is 0 Å². The quantitative estimate of drug-likeness (QED) is 0.539. The van der Waals surface area contributed by atoms with Gasteiger partial charge in [-0.2, -0.15) is 32.8 Å². The molecule has 0 spiro atoms. The van der Waals surface area contributed by atoms with Crippen LogP contribution in [0.2, 0.25) is 0 Å². The summed E-state index contributed by atoms with van der Waals surface area (Å²) in [5.41, 5.74) is -0.370. The zero-order valence-corrected chi connectivity index (χ0v) is 15.3. The van der Waals surface area contributed by atoms with Crippen LogP contribution in [0.15, 0.2) is 41.4 Å². The highest BCUT2D eigenvalue weighted by molar-refractivity contribution is 5.53. The Bertz CT molecular complexity index is 1120. The van der Waals surface area contributed by atoms with Crippen molar-refractivity contribution in [3.05, 3.63) is 48.5 Å². The number of alkyl halides is 3. The van der Waals surface area contributed by atoms with Crippen LogP contribution in [-0.2, 0) is 6.18 Å². The summed E-state index contributed by atoms with van der Waals surface area (Å²) in [5, 5.41) is 10.9. The molecule has 0 saturated carbocycles. The molecule has 0 aromatic carbocycles. The minimum atomic E-state index is -4.63. The number of rotatable bonds is 5. The van der Waals surface area contributed by atoms with Gasteiger partial charge in [-0.05, 0) is 18.1 Å². The summed E-state index contributed by atoms with van der Waals surface area (Å²) in [6.07, 6.45) is -0.302. The average molecular weight is 404 g/mol. The molecule has 0 saturated heterocycles. The topological polar surface area (TPSA) is 107 Å². The molecule has 1 N–H and O–H groups in total. The Labute approximate surface area is 162 Å². The van der Waals surface area contributed by atoms with Crippen LogP contribution < -0.4 is 5.32 Å². The fourth-order valence-electron chi connectivity index (χ4n) is 2.71. The lowest BCUT2D eigenvalue weighted by molar-refractivity contribution is -0.141. The van der Waals surface area contributed by atoms with Crippen LogP contribution in [0.5, 0.6) is 0 Å². The zero-order valence-electron chi connectivity index (χ0n) is 15.3. The van der Waals surface area contributed by atoms with Gasteiger partial charge in [-0.25, -0.2) is 4.98 Å². The Kier molecular flexibility index (Phi) is 4.60. The van der Waals surface area contributed by atoms with Crippen molar-refractivity contribution in [2.24, 2.45) is 5.92 Å². The van der Waals surface area contributed by atoms with Gasteiger partial charge in [-0.3, -0.25) is 4.98 Å². The third-order valence-electron chi connectivity index (χ3n) is 4.16. The SMILES string of the molecule is CC(C)C(Nc1cc(C(F)(F)F)nc2ncnn12)c1nc(-c2ccncc2)no1. The number of nitrogens with one attached hydrogen (secondary N) is 1. The summed E-state index contributed by atoms with van der Waals surface area (Å²) in [6.45, 7) is 3.75. The highest BCUT2D eigenvalue weighted by Gasteiger charge is 2.34. The monoisotopic (exact) mass is 404 g/mol. The fraction of sp³-hybridized carbons (Fsp3) is 0.294. The lowest BCUT2D eigenvalue weighted by Crippen LogP contribution is -2.20. The molecule has 4 rings (SSSR count). The van der Waals surface area contributed by atoms with E-state index in [1.807, 2.05) is 13.8 Å². The van der Waals surface area contributed by atoms with Crippen LogP contribution in [-0.4, -0.2) is 34.7 Å². The standard InChI is InChI=1S/C17H15F3N8O/c1-9(2)13(15-26-14(27-29-15)10-3-5-21-6-4-10)25-12-7-11(17(18,19)20)24-16-22-8-23-28(12)16/h3-9,13,25H,1-2H3. The number of fused-ring (bicyclic) bond motifs is 1. The number of hydrogen-bond donors (Lipinski definition) is 1. The Morgan fingerprint density at radius 3 is 2.59 bits per heavy atom. The second kappa shape index (κ2) is 7.11. The van der Waals surface area contributed by atoms with Gasteiger partial charge in [0, 0.05) is 24.0 Å². The average Bonchev–Trinajstić information content (AvgIpc) is 3.35. The van der Waals surface area contributed by atoms with E-state index in [0.717, 1.165) is 12.4 Å². The molecule has 0 aliphatic rings. The highest BCUT2D eigenvalue weighted by atomic mass is 19.4. The highest BCUT2D eigenvalue weighted by Crippen LogP contribution is 2.32. The summed E-state index contributed by atoms with van der Waals surface area (Å²) in [4.78, 5) is 15.6. The van der Waals surface area contributed by atoms with Crippen molar-refractivity contribution in [3.8, 4) is 11.4 Å². The normalized spacial score (nSPS) is 13.2. The maximum Gasteiger partial charge on any atom is 0.433 e. The second-order valence-electron chi connectivity index (χ2n) is 6.55. The number of pyridine rings is 1. The first kappa shape index (κ1) is 18.8. The number of aromatic nitrogens is 7. The Balaban J connectivity index is 1.71. The lowest BCUT2D eigenvalue weighted by Gasteiger charge is -2.20. The van der Waals surface area contributed by atoms with Gasteiger partial charge in [0.25, 0.3) is 5.78 Å². The molecule has 4 aromatic heterocycles. The molecule has 9 nitrogen and oxygen atoms in total. The van der Waals surface area contributed by atoms with E-state index in [1.165, 1.54) is 4.52 Å². The second-order valence-corrected chi connectivity index (χ2v) is 6.55. The predicted molar refractivity (Wildman–Crippen MR) is 94.5 cm³/mol. The number of nitrogens with zero attached hydrogens (tertiary/aromatic N) is 7. The van der Waals surface area contributed by atoms with E-state index < -0.39 is 17.9 Å². The van der Waals surface area contributed by atoms with E-state index in [9.17, 15) is 13.2 Å². The van der Waals surface area contributed by atoms with Crippen molar-refractivity contribution in [1.29, 1.82) is 0 Å². The van der Waals surface area contributed by atoms with Crippen molar-refractivity contribution >= 4 is 11.6 Å². The summed E-state index contributed by atoms with van der Waals surface area (Å²) in [7, 11) is 0. The van der Waals surface area contributed by atoms with Crippen molar-refractivity contribution < 1.29 is 17.7 Å². The van der Waals surface area contributed by atoms with E-state index in [2.05, 4.69) is 35.5 Å². The van der Waals surface area contributed by atoms with Crippen LogP contribution in [0.25, 0.3) is 17.2 Å². The van der Waals surface area contributed by atoms with E-state index in [0.29, 0.717) is 11.4 Å². The molecule has 1 atom stereocenters. The zero-order chi connectivity index (χ0) is 20.6. The minimum Gasteiger partial charge on any atom is -0.358 e. The number of hydrogen-bond acceptors (Lipinski definition) is 8. The maximum absolute atomic E-state index is 13.2. The first-order valence-electron chi connectivity index (χ1n) is 8.61. The van der Waals surface area contributed by atoms with Gasteiger partial charge < -0.3 is 9.84 Å². The summed E-state index contributed by atoms with van der Waals surface area (Å²) < 4.78 is 46.2. The third kappa shape index (κ3) is 3.73. The van der Waals surface area contributed by atoms with Crippen molar-refractivity contribution in [2.45, 2.75) is 26.1 Å². The largest absolute Gasteiger partial charge is 0.433 e. The molecule has 4 heterocycles. The predicted octanol–water partition coefficient (Wildman–Crippen LogP) is 3.40. The van der Waals surface area contributed by atoms with Crippen LogP contribution in [0, 0.1) is 5.92 Å². The van der Waals surface area contributed by atoms with Gasteiger partial charge in [-0.1, -0.05) is 19.0 Å². The molecular formula is C17H15F3N8O. The Hall–Kier alpha value is -3.57. The number of halogens is 3. The van der Waals surface area contributed by atoms with E-state index in [4.69, 9.17) is 4.52 Å². The van der Waals surface area contributed by atoms with E-state index in [1.54, 1.807) is 24.5 Å². The molecule has 12 heteroatoms. The minimum absolute atomic E-state index is 0.0576. The van der Waals surface area contributed by atoms with Gasteiger partial charge in [0.15, 0.2) is 5.69 Å². The summed E-state index contributed by atoms with van der Waals surface area (Å²) >= 11 is 0. The maximum atomic E-state index is 13.2. The molecule has 0 bridgehead atoms. The van der Waals surface area contributed by atoms with Gasteiger partial charge in [0.1, 0.15) is 18.2 Å². The molecule has 0 radical (unpaired) electrons. The summed E-state index contributed by atoms with van der Waals surface area (Å²) in [6, 6.07) is 3.75. The molecule has 150 valence electrons. The smallest absolute Gasteiger partial charge is 0.358 e. The van der Waals surface area contributed by atoms with Crippen LogP contribution in [0.1, 0.15) is 31.5 Å². The van der Waals surface area contributed by atoms with Crippen LogP contribution >= 0.6 is 0 Å². The Morgan fingerprint density at radius 2 is 1.90 bits per heavy atom. The molecule has 0 amide bonds. The molecule has 0 aliphatic heterocycles. The summed E-state index contributed by atoms with van der Waals surface area (Å²) in [5.74, 6) is 0.369. The van der Waals surface area contributed by atoms with Gasteiger partial charge in [-0.15, -0.1) is 0 Å². The van der Waals surface area contributed by atoms with E-state index in [-0.39, 0.29) is 23.4 Å². The number of anilines is 1. The molecule has 1 unspecified atom stereocenters. The van der Waals surface area contributed by atoms with Gasteiger partial charge >= 0.3 is 6.18 Å². The van der Waals surface area contributed by atoms with Crippen molar-refractivity contribution in [1.82, 2.24) is 34.7 Å². The van der Waals surface area contributed by atoms with Crippen molar-refractivity contribution in [3.63, 3.8) is 0 Å². The Morgan fingerprint density at radius 1 is 1.14 bits per heavy atom.